The number of nitrogens with one attached hydrogen (secondary N) is 1. The van der Waals surface area contributed by atoms with Gasteiger partial charge in [-0.25, -0.2) is 4.98 Å². The second-order valence-electron chi connectivity index (χ2n) is 3.31. The second kappa shape index (κ2) is 4.29. The molecule has 1 aromatic heterocycles. The average Bonchev–Trinajstić information content (AvgIpc) is 2.61. The van der Waals surface area contributed by atoms with Crippen LogP contribution in [-0.4, -0.2) is 9.97 Å². The van der Waals surface area contributed by atoms with E-state index < -0.39 is 0 Å². The van der Waals surface area contributed by atoms with Crippen molar-refractivity contribution >= 4 is 24.2 Å². The number of halogens is 1. The summed E-state index contributed by atoms with van der Waals surface area (Å²) in [4.78, 5) is 7.64. The summed E-state index contributed by atoms with van der Waals surface area (Å²) >= 11 is 10.8. The Kier molecular flexibility index (Phi) is 3.03. The monoisotopic (exact) mass is 237 g/mol. The number of aryl methyl sites for hydroxylation is 1. The Morgan fingerprint density at radius 1 is 1.33 bits per heavy atom. The smallest absolute Gasteiger partial charge is 0.137 e. The number of benzene rings is 1. The Morgan fingerprint density at radius 3 is 2.53 bits per heavy atom. The molecule has 0 amide bonds. The van der Waals surface area contributed by atoms with Crippen LogP contribution < -0.4 is 0 Å². The third-order valence-electron chi connectivity index (χ3n) is 2.24. The highest BCUT2D eigenvalue weighted by atomic mass is 35.5. The van der Waals surface area contributed by atoms with Crippen LogP contribution in [0.4, 0.5) is 0 Å². The number of aromatic nitrogens is 2. The van der Waals surface area contributed by atoms with Crippen LogP contribution in [0.5, 0.6) is 0 Å². The van der Waals surface area contributed by atoms with Gasteiger partial charge in [0.25, 0.3) is 0 Å². The first-order valence-electron chi connectivity index (χ1n) is 4.60. The molecule has 2 rings (SSSR count). The quantitative estimate of drug-likeness (QED) is 0.847. The van der Waals surface area contributed by atoms with Gasteiger partial charge in [0.05, 0.1) is 5.69 Å². The fourth-order valence-electron chi connectivity index (χ4n) is 1.38. The molecule has 0 unspecified atom stereocenters. The number of hydrogen-bond acceptors (Lipinski definition) is 1. The van der Waals surface area contributed by atoms with E-state index >= 15 is 0 Å². The lowest BCUT2D eigenvalue weighted by molar-refractivity contribution is 1.20. The number of nitrogens with zero attached hydrogens (tertiary/aromatic N) is 1. The Balaban J connectivity index is 2.41. The summed E-state index contributed by atoms with van der Waals surface area (Å²) in [7, 11) is 0. The van der Waals surface area contributed by atoms with Crippen molar-refractivity contribution in [2.24, 2.45) is 0 Å². The van der Waals surface area contributed by atoms with Crippen molar-refractivity contribution in [3.8, 4) is 11.4 Å². The molecule has 4 heteroatoms. The lowest BCUT2D eigenvalue weighted by Crippen LogP contribution is -1.81. The molecule has 0 atom stereocenters. The third kappa shape index (κ3) is 2.19. The average molecular weight is 238 g/mol. The molecule has 0 aliphatic rings. The van der Waals surface area contributed by atoms with Gasteiger partial charge in [-0.2, -0.15) is 0 Å². The fourth-order valence-corrected chi connectivity index (χ4v) is 1.79. The van der Waals surface area contributed by atoms with Gasteiger partial charge in [-0.15, -0.1) is 0 Å². The van der Waals surface area contributed by atoms with Gasteiger partial charge < -0.3 is 4.98 Å². The lowest BCUT2D eigenvalue weighted by Gasteiger charge is -1.95. The van der Waals surface area contributed by atoms with Crippen LogP contribution in [0.2, 0.25) is 5.02 Å². The number of hydrogen-bond donors (Lipinski definition) is 1. The Hall–Kier alpha value is -0.930. The normalized spacial score (nSPS) is 10.6. The SMILES string of the molecule is Cc1[nH]c(-c2ccc(Cl)cc2)nc1C[S]. The molecule has 1 heterocycles. The minimum absolute atomic E-state index is 0.538. The summed E-state index contributed by atoms with van der Waals surface area (Å²) in [6.45, 7) is 1.98. The molecule has 1 aromatic carbocycles. The van der Waals surface area contributed by atoms with Crippen molar-refractivity contribution in [3.63, 3.8) is 0 Å². The molecule has 0 spiro atoms. The zero-order chi connectivity index (χ0) is 10.8. The molecule has 1 radical (unpaired) electrons. The predicted molar refractivity (Wildman–Crippen MR) is 65.1 cm³/mol. The van der Waals surface area contributed by atoms with E-state index in [4.69, 9.17) is 24.2 Å². The number of rotatable bonds is 2. The largest absolute Gasteiger partial charge is 0.342 e. The van der Waals surface area contributed by atoms with Gasteiger partial charge in [-0.3, -0.25) is 0 Å². The molecule has 77 valence electrons. The minimum atomic E-state index is 0.538. The van der Waals surface area contributed by atoms with Crippen LogP contribution in [0.15, 0.2) is 24.3 Å². The minimum Gasteiger partial charge on any atom is -0.342 e. The van der Waals surface area contributed by atoms with Crippen molar-refractivity contribution in [2.75, 3.05) is 0 Å². The van der Waals surface area contributed by atoms with Gasteiger partial charge in [0, 0.05) is 22.0 Å². The molecule has 0 aliphatic heterocycles. The number of aromatic amines is 1. The van der Waals surface area contributed by atoms with Crippen molar-refractivity contribution in [2.45, 2.75) is 12.7 Å². The van der Waals surface area contributed by atoms with Gasteiger partial charge >= 0.3 is 0 Å². The molecule has 0 saturated carbocycles. The van der Waals surface area contributed by atoms with Crippen LogP contribution in [0.1, 0.15) is 11.4 Å². The standard InChI is InChI=1S/C11H10ClN2S/c1-7-10(6-15)14-11(13-7)8-2-4-9(12)5-3-8/h2-5H,6H2,1H3,(H,13,14). The number of H-pyrrole nitrogens is 1. The van der Waals surface area contributed by atoms with E-state index in [1.54, 1.807) is 0 Å². The van der Waals surface area contributed by atoms with Gasteiger partial charge in [-0.05, 0) is 31.2 Å². The van der Waals surface area contributed by atoms with Crippen LogP contribution in [0.3, 0.4) is 0 Å². The van der Waals surface area contributed by atoms with E-state index in [9.17, 15) is 0 Å². The predicted octanol–water partition coefficient (Wildman–Crippen LogP) is 3.74. The third-order valence-corrected chi connectivity index (χ3v) is 2.77. The van der Waals surface area contributed by atoms with E-state index in [1.807, 2.05) is 31.2 Å². The molecule has 15 heavy (non-hydrogen) atoms. The maximum Gasteiger partial charge on any atom is 0.137 e. The molecular formula is C11H10ClN2S. The van der Waals surface area contributed by atoms with Crippen LogP contribution in [0.25, 0.3) is 11.4 Å². The van der Waals surface area contributed by atoms with Crippen LogP contribution in [-0.2, 0) is 5.75 Å². The first-order valence-corrected chi connectivity index (χ1v) is 5.56. The maximum atomic E-state index is 5.82. The second-order valence-corrected chi connectivity index (χ2v) is 4.03. The summed E-state index contributed by atoms with van der Waals surface area (Å²) in [5.41, 5.74) is 3.00. The molecule has 0 aliphatic carbocycles. The topological polar surface area (TPSA) is 28.7 Å². The number of imidazole rings is 1. The first kappa shape index (κ1) is 10.6. The van der Waals surface area contributed by atoms with Crippen LogP contribution >= 0.6 is 24.2 Å². The maximum absolute atomic E-state index is 5.82. The fraction of sp³-hybridized carbons (Fsp3) is 0.182. The van der Waals surface area contributed by atoms with Crippen LogP contribution in [0, 0.1) is 6.92 Å². The zero-order valence-electron chi connectivity index (χ0n) is 8.25. The highest BCUT2D eigenvalue weighted by molar-refractivity contribution is 7.79. The molecule has 0 fully saturated rings. The first-order chi connectivity index (χ1) is 7.20. The molecule has 0 saturated heterocycles. The van der Waals surface area contributed by atoms with E-state index in [2.05, 4.69) is 9.97 Å². The van der Waals surface area contributed by atoms with Crippen molar-refractivity contribution in [3.05, 3.63) is 40.7 Å². The Morgan fingerprint density at radius 2 is 2.00 bits per heavy atom. The van der Waals surface area contributed by atoms with E-state index in [0.717, 1.165) is 27.8 Å². The molecule has 1 N–H and O–H groups in total. The molecular weight excluding hydrogens is 228 g/mol. The lowest BCUT2D eigenvalue weighted by atomic mass is 10.2. The van der Waals surface area contributed by atoms with Crippen molar-refractivity contribution in [1.29, 1.82) is 0 Å². The van der Waals surface area contributed by atoms with Gasteiger partial charge in [0.1, 0.15) is 5.82 Å². The summed E-state index contributed by atoms with van der Waals surface area (Å²) in [6.07, 6.45) is 0. The Bertz CT molecular complexity index is 462. The summed E-state index contributed by atoms with van der Waals surface area (Å²) in [6, 6.07) is 7.58. The molecule has 2 nitrogen and oxygen atoms in total. The highest BCUT2D eigenvalue weighted by Gasteiger charge is 2.06. The van der Waals surface area contributed by atoms with Crippen molar-refractivity contribution < 1.29 is 0 Å². The van der Waals surface area contributed by atoms with Crippen molar-refractivity contribution in [1.82, 2.24) is 9.97 Å². The summed E-state index contributed by atoms with van der Waals surface area (Å²) < 4.78 is 0. The summed E-state index contributed by atoms with van der Waals surface area (Å²) in [5.74, 6) is 1.39. The van der Waals surface area contributed by atoms with E-state index in [0.29, 0.717) is 5.75 Å². The zero-order valence-corrected chi connectivity index (χ0v) is 9.82. The van der Waals surface area contributed by atoms with Gasteiger partial charge in [0.15, 0.2) is 0 Å². The van der Waals surface area contributed by atoms with E-state index in [1.165, 1.54) is 0 Å². The van der Waals surface area contributed by atoms with Gasteiger partial charge in [-0.1, -0.05) is 24.2 Å². The Labute approximate surface area is 99.1 Å². The van der Waals surface area contributed by atoms with E-state index in [-0.39, 0.29) is 0 Å². The highest BCUT2D eigenvalue weighted by Crippen LogP contribution is 2.20. The van der Waals surface area contributed by atoms with Gasteiger partial charge in [0.2, 0.25) is 0 Å². The molecule has 2 aromatic rings. The summed E-state index contributed by atoms with van der Waals surface area (Å²) in [5, 5.41) is 0.727. The molecule has 0 bridgehead atoms.